The maximum atomic E-state index is 12.7. The molecule has 31 heavy (non-hydrogen) atoms. The van der Waals surface area contributed by atoms with E-state index in [0.29, 0.717) is 13.0 Å². The Hall–Kier alpha value is -1.38. The van der Waals surface area contributed by atoms with E-state index in [-0.39, 0.29) is 11.2 Å². The van der Waals surface area contributed by atoms with Crippen molar-refractivity contribution in [2.24, 2.45) is 0 Å². The Morgan fingerprint density at radius 2 is 1.68 bits per heavy atom. The van der Waals surface area contributed by atoms with Gasteiger partial charge in [-0.25, -0.2) is 0 Å². The van der Waals surface area contributed by atoms with E-state index in [0.717, 1.165) is 55.6 Å². The van der Waals surface area contributed by atoms with Crippen LogP contribution in [0.15, 0.2) is 29.2 Å². The van der Waals surface area contributed by atoms with Gasteiger partial charge < -0.3 is 0 Å². The molecule has 0 atom stereocenters. The Bertz CT molecular complexity index is 845. The van der Waals surface area contributed by atoms with Crippen LogP contribution < -0.4 is 5.32 Å². The summed E-state index contributed by atoms with van der Waals surface area (Å²) in [7, 11) is -6.14. The molecule has 0 radical (unpaired) electrons. The van der Waals surface area contributed by atoms with Gasteiger partial charge in [0.25, 0.3) is 0 Å². The Balaban J connectivity index is 1.91. The molecule has 1 amide bonds. The summed E-state index contributed by atoms with van der Waals surface area (Å²) in [6.07, 6.45) is 0.450. The predicted molar refractivity (Wildman–Crippen MR) is 116 cm³/mol. The number of hydrogen-bond acceptors (Lipinski definition) is 5. The second-order valence-electron chi connectivity index (χ2n) is 8.98. The van der Waals surface area contributed by atoms with E-state index >= 15 is 0 Å². The standard InChI is InChI=1S/C20H31F3NO5PS/c1-19(2,3)29-18(25)24-11-6-14-30(12-4-5-13-30)15-28-31(26,27)17-9-7-16(8-10-17)20(21,22)23/h7-10,30H,4-6,11-15H2,1-3H3,(H,24,25). The first-order valence-electron chi connectivity index (χ1n) is 10.3. The fraction of sp³-hybridized carbons (Fsp3) is 0.650. The van der Waals surface area contributed by atoms with Gasteiger partial charge in [0.2, 0.25) is 0 Å². The van der Waals surface area contributed by atoms with Crippen LogP contribution >= 0.6 is 7.26 Å². The van der Waals surface area contributed by atoms with Crippen LogP contribution in [0, 0.1) is 0 Å². The maximum absolute atomic E-state index is 12.7. The number of ether oxygens (including phenoxy) is 1. The normalized spacial score (nSPS) is 17.9. The topological polar surface area (TPSA) is 81.7 Å². The Kier molecular flexibility index (Phi) is 8.39. The number of nitrogens with one attached hydrogen (secondary N) is 1. The van der Waals surface area contributed by atoms with E-state index in [4.69, 9.17) is 8.92 Å². The number of alkyl halides is 3. The van der Waals surface area contributed by atoms with Crippen LogP contribution in [-0.2, 0) is 25.2 Å². The number of hydrogen-bond donors (Lipinski definition) is 1. The van der Waals surface area contributed by atoms with Crippen molar-refractivity contribution in [3.8, 4) is 0 Å². The molecule has 1 fully saturated rings. The molecular weight excluding hydrogens is 454 g/mol. The second kappa shape index (κ2) is 10.0. The molecule has 1 heterocycles. The number of benzene rings is 1. The van der Waals surface area contributed by atoms with Gasteiger partial charge in [-0.3, -0.25) is 0 Å². The van der Waals surface area contributed by atoms with Crippen molar-refractivity contribution in [2.45, 2.75) is 56.7 Å². The van der Waals surface area contributed by atoms with Crippen LogP contribution in [0.2, 0.25) is 0 Å². The van der Waals surface area contributed by atoms with Gasteiger partial charge in [-0.05, 0) is 0 Å². The molecule has 6 nitrogen and oxygen atoms in total. The molecule has 1 N–H and O–H groups in total. The molecule has 0 spiro atoms. The molecule has 0 aromatic heterocycles. The average molecular weight is 486 g/mol. The van der Waals surface area contributed by atoms with Gasteiger partial charge in [-0.2, -0.15) is 0 Å². The van der Waals surface area contributed by atoms with Crippen molar-refractivity contribution in [2.75, 3.05) is 31.4 Å². The molecule has 0 unspecified atom stereocenters. The van der Waals surface area contributed by atoms with E-state index in [1.165, 1.54) is 0 Å². The molecule has 1 aliphatic rings. The Morgan fingerprint density at radius 3 is 2.19 bits per heavy atom. The number of carbonyl (C=O) groups is 1. The molecule has 1 saturated heterocycles. The number of amides is 1. The minimum atomic E-state index is -4.53. The van der Waals surface area contributed by atoms with Crippen molar-refractivity contribution in [1.82, 2.24) is 5.32 Å². The fourth-order valence-corrected chi connectivity index (χ4v) is 9.98. The van der Waals surface area contributed by atoms with Crippen molar-refractivity contribution >= 4 is 23.5 Å². The predicted octanol–water partition coefficient (Wildman–Crippen LogP) is 4.83. The first-order chi connectivity index (χ1) is 14.2. The van der Waals surface area contributed by atoms with Crippen LogP contribution in [0.4, 0.5) is 18.0 Å². The summed E-state index contributed by atoms with van der Waals surface area (Å²) in [6.45, 7) is 5.76. The number of rotatable bonds is 8. The van der Waals surface area contributed by atoms with Crippen LogP contribution in [0.3, 0.4) is 0 Å². The average Bonchev–Trinajstić information content (AvgIpc) is 3.11. The van der Waals surface area contributed by atoms with Crippen molar-refractivity contribution in [3.63, 3.8) is 0 Å². The monoisotopic (exact) mass is 485 g/mol. The van der Waals surface area contributed by atoms with E-state index in [1.54, 1.807) is 20.8 Å². The first kappa shape index (κ1) is 25.9. The summed E-state index contributed by atoms with van der Waals surface area (Å²) in [5, 5.41) is 2.71. The zero-order valence-electron chi connectivity index (χ0n) is 18.0. The molecule has 0 bridgehead atoms. The van der Waals surface area contributed by atoms with Gasteiger partial charge in [-0.1, -0.05) is 0 Å². The van der Waals surface area contributed by atoms with Gasteiger partial charge in [0.05, 0.1) is 0 Å². The van der Waals surface area contributed by atoms with E-state index < -0.39 is 40.8 Å². The van der Waals surface area contributed by atoms with Gasteiger partial charge in [-0.15, -0.1) is 0 Å². The van der Waals surface area contributed by atoms with Crippen molar-refractivity contribution in [3.05, 3.63) is 29.8 Å². The Labute approximate surface area is 182 Å². The third-order valence-corrected chi connectivity index (χ3v) is 11.7. The summed E-state index contributed by atoms with van der Waals surface area (Å²) in [6, 6.07) is 3.32. The SMILES string of the molecule is CC(C)(C)OC(=O)NCCC[PH]1(COS(=O)(=O)c2ccc(C(F)(F)F)cc2)CCCC1. The zero-order valence-corrected chi connectivity index (χ0v) is 19.9. The van der Waals surface area contributed by atoms with Crippen LogP contribution in [-0.4, -0.2) is 51.5 Å². The summed E-state index contributed by atoms with van der Waals surface area (Å²) < 4.78 is 73.5. The number of carbonyl (C=O) groups excluding carboxylic acids is 1. The quantitative estimate of drug-likeness (QED) is 0.324. The molecular formula is C20H31F3NO5PS. The fourth-order valence-electron chi connectivity index (χ4n) is 3.64. The van der Waals surface area contributed by atoms with Crippen LogP contribution in [0.25, 0.3) is 0 Å². The van der Waals surface area contributed by atoms with Gasteiger partial charge in [0, 0.05) is 0 Å². The molecule has 0 saturated carbocycles. The summed E-state index contributed by atoms with van der Waals surface area (Å²) >= 11 is 0. The van der Waals surface area contributed by atoms with E-state index in [9.17, 15) is 26.4 Å². The Morgan fingerprint density at radius 1 is 1.10 bits per heavy atom. The number of alkyl carbamates (subject to hydrolysis) is 1. The van der Waals surface area contributed by atoms with Crippen LogP contribution in [0.1, 0.15) is 45.6 Å². The molecule has 1 aliphatic heterocycles. The third kappa shape index (κ3) is 8.24. The van der Waals surface area contributed by atoms with Crippen molar-refractivity contribution in [1.29, 1.82) is 0 Å². The summed E-state index contributed by atoms with van der Waals surface area (Å²) in [5.41, 5.74) is -1.49. The molecule has 0 aliphatic carbocycles. The van der Waals surface area contributed by atoms with E-state index in [1.807, 2.05) is 0 Å². The van der Waals surface area contributed by atoms with Gasteiger partial charge >= 0.3 is 182 Å². The number of halogens is 3. The summed E-state index contributed by atoms with van der Waals surface area (Å²) in [5.74, 6) is 0. The molecule has 11 heteroatoms. The van der Waals surface area contributed by atoms with Crippen LogP contribution in [0.5, 0.6) is 0 Å². The van der Waals surface area contributed by atoms with Gasteiger partial charge in [0.1, 0.15) is 0 Å². The molecule has 1 aromatic rings. The molecule has 178 valence electrons. The van der Waals surface area contributed by atoms with Gasteiger partial charge in [0.15, 0.2) is 0 Å². The first-order valence-corrected chi connectivity index (χ1v) is 14.5. The summed E-state index contributed by atoms with van der Waals surface area (Å²) in [4.78, 5) is 11.5. The van der Waals surface area contributed by atoms with E-state index in [2.05, 4.69) is 5.32 Å². The molecule has 1 aromatic carbocycles. The van der Waals surface area contributed by atoms with Crippen molar-refractivity contribution < 1.29 is 35.3 Å². The zero-order chi connectivity index (χ0) is 23.3. The second-order valence-corrected chi connectivity index (χ2v) is 15.4. The molecule has 2 rings (SSSR count). The third-order valence-electron chi connectivity index (χ3n) is 5.21. The minimum absolute atomic E-state index is 0.1000.